The maximum absolute atomic E-state index is 3.83. The molecule has 3 atom stereocenters. The van der Waals surface area contributed by atoms with Crippen molar-refractivity contribution < 1.29 is 0 Å². The zero-order valence-electron chi connectivity index (χ0n) is 16.3. The van der Waals surface area contributed by atoms with Gasteiger partial charge < -0.3 is 0 Å². The first-order chi connectivity index (χ1) is 13.2. The van der Waals surface area contributed by atoms with Crippen molar-refractivity contribution in [2.24, 2.45) is 0 Å². The lowest BCUT2D eigenvalue weighted by Crippen LogP contribution is -2.24. The fourth-order valence-electron chi connectivity index (χ4n) is 4.04. The van der Waals surface area contributed by atoms with Crippen LogP contribution in [0.5, 0.6) is 0 Å². The van der Waals surface area contributed by atoms with Gasteiger partial charge in [0.25, 0.3) is 0 Å². The van der Waals surface area contributed by atoms with Gasteiger partial charge in [0, 0.05) is 16.2 Å². The molecule has 0 spiro atoms. The number of alkyl halides is 2. The van der Waals surface area contributed by atoms with Crippen molar-refractivity contribution in [2.75, 3.05) is 13.1 Å². The Labute approximate surface area is 181 Å². The molecule has 1 fully saturated rings. The first-order valence-corrected chi connectivity index (χ1v) is 12.1. The first-order valence-electron chi connectivity index (χ1n) is 10.3. The van der Waals surface area contributed by atoms with Crippen LogP contribution in [0.3, 0.4) is 0 Å². The van der Waals surface area contributed by atoms with Crippen molar-refractivity contribution in [3.63, 3.8) is 0 Å². The summed E-state index contributed by atoms with van der Waals surface area (Å²) in [4.78, 5) is 3.77. The van der Waals surface area contributed by atoms with E-state index in [2.05, 4.69) is 98.3 Å². The standard InChI is InChI=1S/C24H31Br2N/c1-2-27(18-20-7-4-3-5-8-20)16-6-9-19-10-12-21(13-11-19)22-14-15-23(25)24(26)17-22/h3-5,7-8,10-13,22-24H,2,6,9,14-18H2,1H3. The van der Waals surface area contributed by atoms with Crippen molar-refractivity contribution in [1.29, 1.82) is 0 Å². The molecule has 2 aromatic carbocycles. The summed E-state index contributed by atoms with van der Waals surface area (Å²) in [5.41, 5.74) is 4.40. The van der Waals surface area contributed by atoms with E-state index in [0.717, 1.165) is 19.6 Å². The predicted octanol–water partition coefficient (Wildman–Crippen LogP) is 6.94. The smallest absolute Gasteiger partial charge is 0.0276 e. The minimum absolute atomic E-state index is 0.598. The van der Waals surface area contributed by atoms with Gasteiger partial charge in [-0.15, -0.1) is 0 Å². The molecule has 0 radical (unpaired) electrons. The molecule has 1 saturated carbocycles. The molecule has 0 N–H and O–H groups in total. The number of nitrogens with zero attached hydrogens (tertiary/aromatic N) is 1. The van der Waals surface area contributed by atoms with Gasteiger partial charge in [-0.05, 0) is 67.8 Å². The van der Waals surface area contributed by atoms with Crippen molar-refractivity contribution in [3.8, 4) is 0 Å². The van der Waals surface area contributed by atoms with Gasteiger partial charge in [0.05, 0.1) is 0 Å². The summed E-state index contributed by atoms with van der Waals surface area (Å²) in [5, 5.41) is 0. The normalized spacial score (nSPS) is 22.9. The van der Waals surface area contributed by atoms with Crippen LogP contribution in [-0.4, -0.2) is 27.6 Å². The fourth-order valence-corrected chi connectivity index (χ4v) is 5.23. The second kappa shape index (κ2) is 10.8. The predicted molar refractivity (Wildman–Crippen MR) is 124 cm³/mol. The lowest BCUT2D eigenvalue weighted by Gasteiger charge is -2.30. The molecule has 146 valence electrons. The van der Waals surface area contributed by atoms with Crippen LogP contribution in [0.25, 0.3) is 0 Å². The molecule has 0 heterocycles. The third-order valence-corrected chi connectivity index (χ3v) is 8.60. The second-order valence-corrected chi connectivity index (χ2v) is 10.1. The van der Waals surface area contributed by atoms with Gasteiger partial charge >= 0.3 is 0 Å². The SMILES string of the molecule is CCN(CCCc1ccc(C2CCC(Br)C(Br)C2)cc1)Cc1ccccc1. The third-order valence-electron chi connectivity index (χ3n) is 5.78. The Kier molecular flexibility index (Phi) is 8.42. The number of aryl methyl sites for hydroxylation is 1. The number of halogens is 2. The molecular weight excluding hydrogens is 462 g/mol. The van der Waals surface area contributed by atoms with E-state index in [4.69, 9.17) is 0 Å². The topological polar surface area (TPSA) is 3.24 Å². The Bertz CT molecular complexity index is 671. The van der Waals surface area contributed by atoms with Crippen LogP contribution < -0.4 is 0 Å². The zero-order valence-corrected chi connectivity index (χ0v) is 19.5. The lowest BCUT2D eigenvalue weighted by molar-refractivity contribution is 0.276. The number of rotatable bonds is 8. The Morgan fingerprint density at radius 1 is 0.889 bits per heavy atom. The zero-order chi connectivity index (χ0) is 19.1. The molecule has 1 aliphatic rings. The molecular formula is C24H31Br2N. The average Bonchev–Trinajstić information content (AvgIpc) is 2.70. The molecule has 3 heteroatoms. The van der Waals surface area contributed by atoms with E-state index in [-0.39, 0.29) is 0 Å². The number of hydrogen-bond donors (Lipinski definition) is 0. The lowest BCUT2D eigenvalue weighted by atomic mass is 9.83. The van der Waals surface area contributed by atoms with Crippen molar-refractivity contribution >= 4 is 31.9 Å². The molecule has 2 aromatic rings. The van der Waals surface area contributed by atoms with E-state index in [9.17, 15) is 0 Å². The summed E-state index contributed by atoms with van der Waals surface area (Å²) in [6.45, 7) is 5.59. The minimum atomic E-state index is 0.598. The van der Waals surface area contributed by atoms with E-state index in [1.165, 1.54) is 48.8 Å². The molecule has 27 heavy (non-hydrogen) atoms. The van der Waals surface area contributed by atoms with Gasteiger partial charge in [-0.3, -0.25) is 4.90 Å². The summed E-state index contributed by atoms with van der Waals surface area (Å²) >= 11 is 7.61. The quantitative estimate of drug-likeness (QED) is 0.361. The maximum Gasteiger partial charge on any atom is 0.0276 e. The molecule has 0 aromatic heterocycles. The Morgan fingerprint density at radius 3 is 2.30 bits per heavy atom. The van der Waals surface area contributed by atoms with Crippen LogP contribution in [0, 0.1) is 0 Å². The molecule has 0 saturated heterocycles. The van der Waals surface area contributed by atoms with Gasteiger partial charge in [-0.1, -0.05) is 93.4 Å². The number of hydrogen-bond acceptors (Lipinski definition) is 1. The van der Waals surface area contributed by atoms with Crippen molar-refractivity contribution in [3.05, 3.63) is 71.3 Å². The van der Waals surface area contributed by atoms with Crippen molar-refractivity contribution in [1.82, 2.24) is 4.90 Å². The van der Waals surface area contributed by atoms with Crippen molar-refractivity contribution in [2.45, 2.75) is 61.1 Å². The molecule has 3 rings (SSSR count). The highest BCUT2D eigenvalue weighted by atomic mass is 79.9. The monoisotopic (exact) mass is 491 g/mol. The van der Waals surface area contributed by atoms with Gasteiger partial charge in [-0.25, -0.2) is 0 Å². The molecule has 1 aliphatic carbocycles. The number of benzene rings is 2. The summed E-state index contributed by atoms with van der Waals surface area (Å²) in [6.07, 6.45) is 6.18. The first kappa shape index (κ1) is 21.1. The Balaban J connectivity index is 1.45. The molecule has 0 amide bonds. The van der Waals surface area contributed by atoms with Crippen LogP contribution in [0.1, 0.15) is 55.2 Å². The van der Waals surface area contributed by atoms with Gasteiger partial charge in [0.2, 0.25) is 0 Å². The highest BCUT2D eigenvalue weighted by Crippen LogP contribution is 2.39. The summed E-state index contributed by atoms with van der Waals surface area (Å²) in [7, 11) is 0. The van der Waals surface area contributed by atoms with Crippen LogP contribution in [0.4, 0.5) is 0 Å². The van der Waals surface area contributed by atoms with Crippen LogP contribution >= 0.6 is 31.9 Å². The minimum Gasteiger partial charge on any atom is -0.299 e. The van der Waals surface area contributed by atoms with E-state index >= 15 is 0 Å². The molecule has 1 nitrogen and oxygen atoms in total. The molecule has 0 aliphatic heterocycles. The summed E-state index contributed by atoms with van der Waals surface area (Å²) < 4.78 is 0. The van der Waals surface area contributed by atoms with Crippen LogP contribution in [0.2, 0.25) is 0 Å². The van der Waals surface area contributed by atoms with Gasteiger partial charge in [0.1, 0.15) is 0 Å². The van der Waals surface area contributed by atoms with Gasteiger partial charge in [-0.2, -0.15) is 0 Å². The highest BCUT2D eigenvalue weighted by molar-refractivity contribution is 9.12. The van der Waals surface area contributed by atoms with Crippen LogP contribution in [0.15, 0.2) is 54.6 Å². The average molecular weight is 493 g/mol. The van der Waals surface area contributed by atoms with Gasteiger partial charge in [0.15, 0.2) is 0 Å². The summed E-state index contributed by atoms with van der Waals surface area (Å²) in [6, 6.07) is 20.3. The van der Waals surface area contributed by atoms with E-state index in [1.807, 2.05) is 0 Å². The third kappa shape index (κ3) is 6.44. The van der Waals surface area contributed by atoms with E-state index < -0.39 is 0 Å². The highest BCUT2D eigenvalue weighted by Gasteiger charge is 2.27. The molecule has 3 unspecified atom stereocenters. The molecule has 0 bridgehead atoms. The Morgan fingerprint density at radius 2 is 1.63 bits per heavy atom. The summed E-state index contributed by atoms with van der Waals surface area (Å²) in [5.74, 6) is 0.707. The maximum atomic E-state index is 3.83. The fraction of sp³-hybridized carbons (Fsp3) is 0.500. The Hall–Kier alpha value is -0.640. The second-order valence-electron chi connectivity index (χ2n) is 7.74. The van der Waals surface area contributed by atoms with Crippen LogP contribution in [-0.2, 0) is 13.0 Å². The van der Waals surface area contributed by atoms with E-state index in [1.54, 1.807) is 0 Å². The largest absolute Gasteiger partial charge is 0.299 e. The van der Waals surface area contributed by atoms with E-state index in [0.29, 0.717) is 15.6 Å².